The van der Waals surface area contributed by atoms with Crippen molar-refractivity contribution in [2.45, 2.75) is 92.2 Å². The van der Waals surface area contributed by atoms with Crippen LogP contribution < -0.4 is 0 Å². The Kier molecular flexibility index (Phi) is 5.28. The quantitative estimate of drug-likeness (QED) is 0.295. The fourth-order valence-electron chi connectivity index (χ4n) is 5.60. The Bertz CT molecular complexity index is 1380. The molecule has 0 unspecified atom stereocenters. The number of aryl methyl sites for hydroxylation is 2. The van der Waals surface area contributed by atoms with Crippen LogP contribution in [0.15, 0.2) is 8.83 Å². The predicted octanol–water partition coefficient (Wildman–Crippen LogP) is 5.65. The van der Waals surface area contributed by atoms with Crippen LogP contribution in [0.4, 0.5) is 0 Å². The van der Waals surface area contributed by atoms with E-state index >= 15 is 0 Å². The fraction of sp³-hybridized carbons (Fsp3) is 0.519. The Morgan fingerprint density at radius 3 is 1.42 bits per heavy atom. The number of carbonyl (C=O) groups is 1. The van der Waals surface area contributed by atoms with Crippen molar-refractivity contribution in [1.29, 1.82) is 0 Å². The van der Waals surface area contributed by atoms with Gasteiger partial charge in [0.15, 0.2) is 5.78 Å². The van der Waals surface area contributed by atoms with Crippen LogP contribution in [0.3, 0.4) is 0 Å². The van der Waals surface area contributed by atoms with Gasteiger partial charge in [-0.2, -0.15) is 0 Å². The van der Waals surface area contributed by atoms with E-state index in [4.69, 9.17) is 8.83 Å². The Balaban J connectivity index is 1.52. The summed E-state index contributed by atoms with van der Waals surface area (Å²) in [5.41, 5.74) is 6.87. The Hall–Kier alpha value is -3.49. The van der Waals surface area contributed by atoms with Gasteiger partial charge < -0.3 is 18.0 Å². The summed E-state index contributed by atoms with van der Waals surface area (Å²) >= 11 is 0. The van der Waals surface area contributed by atoms with Gasteiger partial charge in [0.25, 0.3) is 11.8 Å². The average molecular weight is 489 g/mol. The van der Waals surface area contributed by atoms with Gasteiger partial charge in [-0.25, -0.2) is 0 Å². The van der Waals surface area contributed by atoms with Crippen LogP contribution in [0.25, 0.3) is 23.2 Å². The second kappa shape index (κ2) is 8.28. The van der Waals surface area contributed by atoms with Gasteiger partial charge in [-0.05, 0) is 64.5 Å². The summed E-state index contributed by atoms with van der Waals surface area (Å²) in [5, 5.41) is 17.0. The van der Waals surface area contributed by atoms with Gasteiger partial charge in [-0.3, -0.25) is 4.79 Å². The number of ketones is 1. The van der Waals surface area contributed by atoms with E-state index in [0.29, 0.717) is 48.5 Å². The maximum atomic E-state index is 14.4. The van der Waals surface area contributed by atoms with Crippen molar-refractivity contribution in [2.75, 3.05) is 0 Å². The lowest BCUT2D eigenvalue weighted by Gasteiger charge is -2.09. The number of hydrogen-bond acceptors (Lipinski definition) is 7. The summed E-state index contributed by atoms with van der Waals surface area (Å²) in [4.78, 5) is 14.4. The Morgan fingerprint density at radius 1 is 0.722 bits per heavy atom. The molecule has 0 amide bonds. The van der Waals surface area contributed by atoms with Gasteiger partial charge in [0, 0.05) is 47.4 Å². The highest BCUT2D eigenvalue weighted by Crippen LogP contribution is 2.46. The largest absolute Gasteiger partial charge is 0.419 e. The zero-order valence-corrected chi connectivity index (χ0v) is 21.8. The SMILES string of the molecule is CCc1nnc(-c2c(C)c(C(=O)c3c(C)c(-c4nnc(CC)o4)n(C4CC4)c3C)c(C)n2C2CC2)o1. The second-order valence-corrected chi connectivity index (χ2v) is 10.1. The Labute approximate surface area is 209 Å². The van der Waals surface area contributed by atoms with Crippen LogP contribution in [0.2, 0.25) is 0 Å². The molecule has 6 rings (SSSR count). The molecule has 0 spiro atoms. The molecule has 9 nitrogen and oxygen atoms in total. The minimum atomic E-state index is 0.0201. The smallest absolute Gasteiger partial charge is 0.264 e. The summed E-state index contributed by atoms with van der Waals surface area (Å²) in [6, 6.07) is 0.716. The third kappa shape index (κ3) is 3.39. The summed E-state index contributed by atoms with van der Waals surface area (Å²) in [6.07, 6.45) is 5.69. The minimum absolute atomic E-state index is 0.0201. The van der Waals surface area contributed by atoms with E-state index in [2.05, 4.69) is 29.5 Å². The van der Waals surface area contributed by atoms with E-state index in [1.54, 1.807) is 0 Å². The minimum Gasteiger partial charge on any atom is -0.419 e. The molecule has 0 bridgehead atoms. The van der Waals surface area contributed by atoms with Crippen LogP contribution >= 0.6 is 0 Å². The molecule has 0 saturated heterocycles. The van der Waals surface area contributed by atoms with Crippen molar-refractivity contribution in [3.05, 3.63) is 45.4 Å². The first-order chi connectivity index (χ1) is 17.3. The fourth-order valence-corrected chi connectivity index (χ4v) is 5.60. The van der Waals surface area contributed by atoms with Crippen LogP contribution in [0.5, 0.6) is 0 Å². The van der Waals surface area contributed by atoms with E-state index in [0.717, 1.165) is 70.7 Å². The van der Waals surface area contributed by atoms with Crippen molar-refractivity contribution >= 4 is 5.78 Å². The number of aromatic nitrogens is 6. The van der Waals surface area contributed by atoms with E-state index < -0.39 is 0 Å². The molecular weight excluding hydrogens is 456 g/mol. The first kappa shape index (κ1) is 22.9. The zero-order valence-electron chi connectivity index (χ0n) is 21.8. The second-order valence-electron chi connectivity index (χ2n) is 10.1. The lowest BCUT2D eigenvalue weighted by Crippen LogP contribution is -2.08. The van der Waals surface area contributed by atoms with E-state index in [9.17, 15) is 4.79 Å². The van der Waals surface area contributed by atoms with Crippen molar-refractivity contribution < 1.29 is 13.6 Å². The van der Waals surface area contributed by atoms with Gasteiger partial charge >= 0.3 is 0 Å². The molecule has 2 saturated carbocycles. The van der Waals surface area contributed by atoms with Crippen molar-refractivity contribution in [1.82, 2.24) is 29.5 Å². The van der Waals surface area contributed by atoms with Gasteiger partial charge in [0.2, 0.25) is 11.8 Å². The molecule has 4 aromatic rings. The third-order valence-corrected chi connectivity index (χ3v) is 7.61. The highest BCUT2D eigenvalue weighted by Gasteiger charge is 2.38. The topological polar surface area (TPSA) is 105 Å². The van der Waals surface area contributed by atoms with Crippen molar-refractivity contribution in [2.24, 2.45) is 0 Å². The summed E-state index contributed by atoms with van der Waals surface area (Å²) in [7, 11) is 0. The molecule has 0 N–H and O–H groups in total. The molecule has 4 aromatic heterocycles. The van der Waals surface area contributed by atoms with Crippen molar-refractivity contribution in [3.63, 3.8) is 0 Å². The van der Waals surface area contributed by atoms with Gasteiger partial charge in [-0.15, -0.1) is 20.4 Å². The molecule has 0 aromatic carbocycles. The highest BCUT2D eigenvalue weighted by molar-refractivity contribution is 6.14. The Morgan fingerprint density at radius 2 is 1.11 bits per heavy atom. The van der Waals surface area contributed by atoms with E-state index in [1.165, 1.54) is 0 Å². The molecule has 2 aliphatic rings. The van der Waals surface area contributed by atoms with Crippen LogP contribution in [0.1, 0.15) is 102 Å². The molecule has 0 radical (unpaired) electrons. The van der Waals surface area contributed by atoms with Gasteiger partial charge in [0.1, 0.15) is 11.4 Å². The normalized spacial score (nSPS) is 15.7. The average Bonchev–Trinajstić information content (AvgIpc) is 3.74. The maximum absolute atomic E-state index is 14.4. The molecule has 4 heterocycles. The van der Waals surface area contributed by atoms with E-state index in [-0.39, 0.29) is 5.78 Å². The summed E-state index contributed by atoms with van der Waals surface area (Å²) in [5.74, 6) is 2.19. The van der Waals surface area contributed by atoms with Crippen LogP contribution in [-0.2, 0) is 12.8 Å². The number of nitrogens with zero attached hydrogens (tertiary/aromatic N) is 6. The monoisotopic (exact) mass is 488 g/mol. The molecule has 2 aliphatic carbocycles. The molecule has 0 aliphatic heterocycles. The predicted molar refractivity (Wildman–Crippen MR) is 133 cm³/mol. The maximum Gasteiger partial charge on any atom is 0.264 e. The summed E-state index contributed by atoms with van der Waals surface area (Å²) in [6.45, 7) is 12.1. The number of rotatable bonds is 8. The van der Waals surface area contributed by atoms with E-state index in [1.807, 2.05) is 41.5 Å². The molecular formula is C27H32N6O3. The summed E-state index contributed by atoms with van der Waals surface area (Å²) < 4.78 is 16.4. The molecule has 2 fully saturated rings. The van der Waals surface area contributed by atoms with Crippen LogP contribution in [0, 0.1) is 27.7 Å². The number of carbonyl (C=O) groups excluding carboxylic acids is 1. The molecule has 0 atom stereocenters. The standard InChI is InChI=1S/C27H32N6O3/c1-7-19-28-30-26(35-19)23-13(3)21(15(5)32(23)17-9-10-17)25(34)22-14(4)24(27-31-29-20(8-2)36-27)33(16(22)6)18-11-12-18/h17-18H,7-12H2,1-6H3. The number of hydrogen-bond donors (Lipinski definition) is 0. The van der Waals surface area contributed by atoms with Crippen LogP contribution in [-0.4, -0.2) is 35.3 Å². The zero-order chi connectivity index (χ0) is 25.3. The molecule has 36 heavy (non-hydrogen) atoms. The molecule has 188 valence electrons. The van der Waals surface area contributed by atoms with Gasteiger partial charge in [0.05, 0.1) is 0 Å². The first-order valence-corrected chi connectivity index (χ1v) is 13.0. The highest BCUT2D eigenvalue weighted by atomic mass is 16.4. The lowest BCUT2D eigenvalue weighted by atomic mass is 9.96. The first-order valence-electron chi connectivity index (χ1n) is 13.0. The lowest BCUT2D eigenvalue weighted by molar-refractivity contribution is 0.103. The van der Waals surface area contributed by atoms with Gasteiger partial charge in [-0.1, -0.05) is 13.8 Å². The van der Waals surface area contributed by atoms with Crippen molar-refractivity contribution in [3.8, 4) is 23.2 Å². The molecule has 9 heteroatoms. The third-order valence-electron chi connectivity index (χ3n) is 7.61.